The van der Waals surface area contributed by atoms with Crippen molar-refractivity contribution < 1.29 is 85.8 Å². The fourth-order valence-electron chi connectivity index (χ4n) is 24.7. The lowest BCUT2D eigenvalue weighted by Gasteiger charge is -2.65. The molecule has 2 amide bonds. The van der Waals surface area contributed by atoms with E-state index in [0.717, 1.165) is 73.6 Å². The molecule has 2 aromatic carbocycles. The molecule has 17 rings (SSSR count). The van der Waals surface area contributed by atoms with Gasteiger partial charge in [-0.1, -0.05) is 143 Å². The molecule has 2 unspecified atom stereocenters. The Morgan fingerprint density at radius 3 is 1.08 bits per heavy atom. The van der Waals surface area contributed by atoms with Gasteiger partial charge >= 0.3 is 23.9 Å². The number of carbonyl (C=O) groups is 10. The molecule has 0 spiro atoms. The molecule has 7 heterocycles. The standard InChI is InChI=1S/C86H122N2O18/c1-11-15-35-99-77(95)75(78(96)100-36-16-12-2)85-33-31-81(7)59(45-85)41-67(103-49-89)73-63-29-27-61(83(63,9)69(105-51-91)43-65(73)81)54(6)40-72(94)88-48-56-21-25-58(26-22-56)86(76(79(97)101-37-17-13-3)80(98)102-38-18-14-4)34-32-82(8)60(46-86)42-68(104-50-90)74-64-30-28-62(84(64,10)70(106-52-92)44-66(74)82)53(5)39-71(93)87-47-55-19-23-57(85)24-20-55/h19-26,49-54,59-70,73-76H,11-18,27-48H2,1-10H3,(H,87,93)(H,88,94)/t53-,54-,59?,60?,61-,62-,63+,64+,65+,66+,67-,68-,69+,70+,73+,74+,81+,82+,83-,84-,85-,86+/m1/s1. The summed E-state index contributed by atoms with van der Waals surface area (Å²) >= 11 is 0. The number of benzene rings is 2. The summed E-state index contributed by atoms with van der Waals surface area (Å²) in [5, 5.41) is 6.45. The van der Waals surface area contributed by atoms with Crippen LogP contribution in [0.25, 0.3) is 0 Å². The van der Waals surface area contributed by atoms with Crippen LogP contribution in [-0.2, 0) is 110 Å². The SMILES string of the molecule is CCCCOC(=O)C(C(=O)OCCCC)[C@]12CC[C@@]3(C)C(C[C@@H](OC=O)[C@H]4[C@@H]5CC[C@H]([C@H](C)CC(=O)NCc6ccc(cc6)[C@@]6(C(C(=O)OCCCC)C(=O)OCCCC)CC[C@@]7(C)C(C[C@@H](OC=O)[C@H]8[C@@H]9CC[C@H]([C@H](C)CC(=O)NCc%10ccc1cc%10)[C@@]9(C)[C@@H](OC=O)C[C@@H]87)C6)[C@@]5(C)[C@@H](OC=O)C[C@@H]43)C2. The lowest BCUT2D eigenvalue weighted by molar-refractivity contribution is -0.219. The van der Waals surface area contributed by atoms with E-state index in [1.165, 1.54) is 0 Å². The van der Waals surface area contributed by atoms with Gasteiger partial charge in [-0.3, -0.25) is 47.9 Å². The van der Waals surface area contributed by atoms with Crippen LogP contribution in [0.15, 0.2) is 48.5 Å². The third-order valence-electron chi connectivity index (χ3n) is 30.2. The summed E-state index contributed by atoms with van der Waals surface area (Å²) in [6.07, 6.45) is 11.2. The van der Waals surface area contributed by atoms with Gasteiger partial charge in [0.05, 0.1) is 26.4 Å². The fourth-order valence-corrected chi connectivity index (χ4v) is 24.7. The number of unbranched alkanes of at least 4 members (excludes halogenated alkanes) is 4. The Balaban J connectivity index is 0.983. The summed E-state index contributed by atoms with van der Waals surface area (Å²) in [6.45, 7) is 24.4. The number of fused-ring (bicyclic) bond motifs is 2. The van der Waals surface area contributed by atoms with Crippen LogP contribution >= 0.6 is 0 Å². The molecule has 15 aliphatic rings. The van der Waals surface area contributed by atoms with Gasteiger partial charge in [-0.15, -0.1) is 0 Å². The molecule has 0 radical (unpaired) electrons. The van der Waals surface area contributed by atoms with Crippen LogP contribution in [0, 0.1) is 105 Å². The van der Waals surface area contributed by atoms with Gasteiger partial charge in [0.25, 0.3) is 25.9 Å². The highest BCUT2D eigenvalue weighted by Gasteiger charge is 2.72. The maximum absolute atomic E-state index is 15.0. The number of esters is 4. The van der Waals surface area contributed by atoms with E-state index in [4.69, 9.17) is 37.9 Å². The maximum atomic E-state index is 15.0. The summed E-state index contributed by atoms with van der Waals surface area (Å²) in [5.74, 6) is -7.05. The Labute approximate surface area is 628 Å². The number of nitrogens with one attached hydrogen (secondary N) is 2. The highest BCUT2D eigenvalue weighted by molar-refractivity contribution is 5.98. The normalized spacial score (nSPS) is 37.4. The van der Waals surface area contributed by atoms with E-state index in [1.807, 2.05) is 76.2 Å². The van der Waals surface area contributed by atoms with Crippen LogP contribution in [-0.4, -0.2) is 112 Å². The number of rotatable bonds is 26. The minimum absolute atomic E-state index is 0.0651. The van der Waals surface area contributed by atoms with Crippen molar-refractivity contribution in [2.75, 3.05) is 26.4 Å². The monoisotopic (exact) mass is 1470 g/mol. The van der Waals surface area contributed by atoms with Crippen molar-refractivity contribution in [3.05, 3.63) is 70.8 Å². The molecule has 8 fully saturated rings. The summed E-state index contributed by atoms with van der Waals surface area (Å²) in [6, 6.07) is 15.7. The van der Waals surface area contributed by atoms with Gasteiger partial charge < -0.3 is 48.5 Å². The van der Waals surface area contributed by atoms with Crippen LogP contribution in [0.5, 0.6) is 0 Å². The molecule has 20 heteroatoms. The quantitative estimate of drug-likeness (QED) is 0.0291. The van der Waals surface area contributed by atoms with E-state index in [-0.39, 0.29) is 135 Å². The van der Waals surface area contributed by atoms with Crippen LogP contribution in [0.2, 0.25) is 0 Å². The molecule has 20 nitrogen and oxygen atoms in total. The lowest BCUT2D eigenvalue weighted by atomic mass is 9.40. The van der Waals surface area contributed by atoms with Gasteiger partial charge in [0.1, 0.15) is 24.4 Å². The predicted octanol–water partition coefficient (Wildman–Crippen LogP) is 13.7. The molecule has 584 valence electrons. The molecule has 7 aliphatic heterocycles. The molecule has 2 N–H and O–H groups in total. The molecule has 8 saturated carbocycles. The van der Waals surface area contributed by atoms with Crippen molar-refractivity contribution in [2.24, 2.45) is 105 Å². The first kappa shape index (κ1) is 80.2. The third kappa shape index (κ3) is 14.9. The summed E-state index contributed by atoms with van der Waals surface area (Å²) < 4.78 is 49.7. The van der Waals surface area contributed by atoms with Gasteiger partial charge in [-0.25, -0.2) is 0 Å². The molecule has 8 aliphatic carbocycles. The van der Waals surface area contributed by atoms with Crippen molar-refractivity contribution in [2.45, 2.75) is 272 Å². The second kappa shape index (κ2) is 34.0. The topological polar surface area (TPSA) is 269 Å². The number of hydrogen-bond acceptors (Lipinski definition) is 18. The van der Waals surface area contributed by atoms with E-state index in [0.29, 0.717) is 116 Å². The molecular formula is C86H122N2O18. The van der Waals surface area contributed by atoms with Gasteiger partial charge in [0.2, 0.25) is 11.8 Å². The van der Waals surface area contributed by atoms with Gasteiger partial charge in [0.15, 0.2) is 11.8 Å². The molecule has 106 heavy (non-hydrogen) atoms. The van der Waals surface area contributed by atoms with Crippen LogP contribution in [0.3, 0.4) is 0 Å². The Kier molecular flexibility index (Phi) is 25.7. The largest absolute Gasteiger partial charge is 0.465 e. The van der Waals surface area contributed by atoms with E-state index in [1.54, 1.807) is 0 Å². The zero-order chi connectivity index (χ0) is 75.9. The fraction of sp³-hybridized carbons (Fsp3) is 0.744. The smallest absolute Gasteiger partial charge is 0.321 e. The highest BCUT2D eigenvalue weighted by atomic mass is 16.6. The average molecular weight is 1470 g/mol. The first-order valence-corrected chi connectivity index (χ1v) is 40.7. The third-order valence-corrected chi connectivity index (χ3v) is 30.2. The van der Waals surface area contributed by atoms with E-state index < -0.39 is 92.6 Å². The van der Waals surface area contributed by atoms with Crippen LogP contribution in [0.1, 0.15) is 246 Å². The Morgan fingerprint density at radius 2 is 0.764 bits per heavy atom. The molecule has 2 aromatic rings. The Morgan fingerprint density at radius 1 is 0.443 bits per heavy atom. The van der Waals surface area contributed by atoms with Crippen LogP contribution < -0.4 is 10.6 Å². The number of ether oxygens (including phenoxy) is 8. The Hall–Kier alpha value is -6.86. The molecular weight excluding hydrogens is 1350 g/mol. The summed E-state index contributed by atoms with van der Waals surface area (Å²) in [5.41, 5.74) is -1.29. The molecule has 22 atom stereocenters. The van der Waals surface area contributed by atoms with Crippen molar-refractivity contribution in [1.29, 1.82) is 0 Å². The lowest BCUT2D eigenvalue weighted by Crippen LogP contribution is -2.64. The first-order chi connectivity index (χ1) is 51.0. The molecule has 0 saturated heterocycles. The maximum Gasteiger partial charge on any atom is 0.321 e. The van der Waals surface area contributed by atoms with Crippen molar-refractivity contribution in [3.8, 4) is 0 Å². The zero-order valence-electron chi connectivity index (χ0n) is 64.9. The minimum atomic E-state index is -1.34. The van der Waals surface area contributed by atoms with Gasteiger partial charge in [-0.2, -0.15) is 0 Å². The van der Waals surface area contributed by atoms with E-state index >= 15 is 19.2 Å². The van der Waals surface area contributed by atoms with E-state index in [9.17, 15) is 28.8 Å². The average Bonchev–Trinajstić information content (AvgIpc) is 1.24. The molecule has 14 bridgehead atoms. The van der Waals surface area contributed by atoms with Gasteiger partial charge in [-0.05, 0) is 208 Å². The minimum Gasteiger partial charge on any atom is -0.465 e. The van der Waals surface area contributed by atoms with Crippen LogP contribution in [0.4, 0.5) is 0 Å². The summed E-state index contributed by atoms with van der Waals surface area (Å²) in [4.78, 5) is 141. The van der Waals surface area contributed by atoms with Crippen molar-refractivity contribution in [3.63, 3.8) is 0 Å². The molecule has 0 aromatic heterocycles. The summed E-state index contributed by atoms with van der Waals surface area (Å²) in [7, 11) is 0. The second-order valence-electron chi connectivity index (χ2n) is 35.0. The van der Waals surface area contributed by atoms with Crippen molar-refractivity contribution in [1.82, 2.24) is 10.6 Å². The zero-order valence-corrected chi connectivity index (χ0v) is 64.9. The van der Waals surface area contributed by atoms with E-state index in [2.05, 4.69) is 52.2 Å². The number of hydrogen-bond donors (Lipinski definition) is 2. The van der Waals surface area contributed by atoms with Gasteiger partial charge in [0, 0.05) is 59.4 Å². The second-order valence-corrected chi connectivity index (χ2v) is 35.0. The number of amides is 2. The highest BCUT2D eigenvalue weighted by Crippen LogP contribution is 2.73. The predicted molar refractivity (Wildman–Crippen MR) is 394 cm³/mol. The Bertz CT molecular complexity index is 3170. The number of carbonyl (C=O) groups excluding carboxylic acids is 10. The van der Waals surface area contributed by atoms with Crippen molar-refractivity contribution >= 4 is 61.6 Å². The first-order valence-electron chi connectivity index (χ1n) is 40.7.